The van der Waals surface area contributed by atoms with E-state index in [9.17, 15) is 14.4 Å². The minimum Gasteiger partial charge on any atom is -0.497 e. The lowest BCUT2D eigenvalue weighted by Gasteiger charge is -2.07. The molecule has 39 heavy (non-hydrogen) atoms. The van der Waals surface area contributed by atoms with Crippen molar-refractivity contribution in [3.05, 3.63) is 136 Å². The highest BCUT2D eigenvalue weighted by molar-refractivity contribution is 6.30. The Kier molecular flexibility index (Phi) is 7.57. The van der Waals surface area contributed by atoms with Crippen molar-refractivity contribution in [2.24, 2.45) is 0 Å². The number of nitrogens with zero attached hydrogens (tertiary/aromatic N) is 1. The van der Waals surface area contributed by atoms with Gasteiger partial charge in [-0.1, -0.05) is 66.2 Å². The molecule has 194 valence electrons. The first-order chi connectivity index (χ1) is 18.9. The van der Waals surface area contributed by atoms with Gasteiger partial charge in [-0.05, 0) is 53.6 Å². The number of benzene rings is 4. The van der Waals surface area contributed by atoms with Gasteiger partial charge in [-0.25, -0.2) is 0 Å². The van der Waals surface area contributed by atoms with Gasteiger partial charge in [0.25, 0.3) is 5.91 Å². The van der Waals surface area contributed by atoms with E-state index >= 15 is 0 Å². The number of carbonyl (C=O) groups excluding carboxylic acids is 3. The quantitative estimate of drug-likeness (QED) is 0.244. The SMILES string of the molecule is COc1ccc2c(c1)c(CC(=O)NCc1ccc(C(=O)c3ccccc3)cc1)cn2C(=O)c1ccc(Cl)cc1. The number of ether oxygens (including phenoxy) is 1. The van der Waals surface area contributed by atoms with E-state index in [1.807, 2.05) is 42.5 Å². The number of carbonyl (C=O) groups is 3. The van der Waals surface area contributed by atoms with Gasteiger partial charge in [-0.3, -0.25) is 19.0 Å². The monoisotopic (exact) mass is 536 g/mol. The summed E-state index contributed by atoms with van der Waals surface area (Å²) in [5.41, 5.74) is 3.95. The van der Waals surface area contributed by atoms with Crippen LogP contribution in [-0.4, -0.2) is 29.3 Å². The standard InChI is InChI=1S/C32H25ClN2O4/c1-39-27-15-16-29-28(18-27)25(20-35(29)32(38)24-11-13-26(33)14-12-24)17-30(36)34-19-21-7-9-23(10-8-21)31(37)22-5-3-2-4-6-22/h2-16,18,20H,17,19H2,1H3,(H,34,36). The number of amides is 1. The molecule has 1 heterocycles. The maximum absolute atomic E-state index is 13.3. The zero-order valence-electron chi connectivity index (χ0n) is 21.2. The zero-order valence-corrected chi connectivity index (χ0v) is 21.9. The molecule has 0 aliphatic heterocycles. The van der Waals surface area contributed by atoms with E-state index in [1.54, 1.807) is 72.5 Å². The summed E-state index contributed by atoms with van der Waals surface area (Å²) < 4.78 is 6.92. The van der Waals surface area contributed by atoms with Gasteiger partial charge in [0.1, 0.15) is 5.75 Å². The number of hydrogen-bond acceptors (Lipinski definition) is 4. The Morgan fingerprint density at radius 1 is 0.821 bits per heavy atom. The van der Waals surface area contributed by atoms with Crippen LogP contribution in [0.3, 0.4) is 0 Å². The van der Waals surface area contributed by atoms with Crippen LogP contribution < -0.4 is 10.1 Å². The average Bonchev–Trinajstić information content (AvgIpc) is 3.33. The highest BCUT2D eigenvalue weighted by Crippen LogP contribution is 2.27. The molecule has 0 spiro atoms. The van der Waals surface area contributed by atoms with Gasteiger partial charge in [0.15, 0.2) is 5.78 Å². The fourth-order valence-electron chi connectivity index (χ4n) is 4.41. The molecule has 5 rings (SSSR count). The van der Waals surface area contributed by atoms with Crippen molar-refractivity contribution in [2.45, 2.75) is 13.0 Å². The molecular weight excluding hydrogens is 512 g/mol. The summed E-state index contributed by atoms with van der Waals surface area (Å²) in [4.78, 5) is 38.8. The van der Waals surface area contributed by atoms with Crippen molar-refractivity contribution in [3.8, 4) is 5.75 Å². The Hall–Kier alpha value is -4.68. The predicted octanol–water partition coefficient (Wildman–Crippen LogP) is 6.08. The third-order valence-corrected chi connectivity index (χ3v) is 6.75. The summed E-state index contributed by atoms with van der Waals surface area (Å²) in [7, 11) is 1.57. The summed E-state index contributed by atoms with van der Waals surface area (Å²) in [6.45, 7) is 0.310. The molecule has 0 fully saturated rings. The van der Waals surface area contributed by atoms with Crippen molar-refractivity contribution in [2.75, 3.05) is 7.11 Å². The number of rotatable bonds is 8. The normalized spacial score (nSPS) is 10.8. The number of fused-ring (bicyclic) bond motifs is 1. The number of nitrogens with one attached hydrogen (secondary N) is 1. The summed E-state index contributed by atoms with van der Waals surface area (Å²) >= 11 is 5.98. The lowest BCUT2D eigenvalue weighted by molar-refractivity contribution is -0.120. The Bertz CT molecular complexity index is 1660. The van der Waals surface area contributed by atoms with Crippen LogP contribution in [0.5, 0.6) is 5.75 Å². The van der Waals surface area contributed by atoms with E-state index in [0.29, 0.717) is 45.1 Å². The van der Waals surface area contributed by atoms with Crippen molar-refractivity contribution in [1.29, 1.82) is 0 Å². The molecule has 5 aromatic rings. The van der Waals surface area contributed by atoms with E-state index in [-0.39, 0.29) is 24.0 Å². The van der Waals surface area contributed by atoms with Crippen LogP contribution >= 0.6 is 11.6 Å². The molecule has 0 saturated heterocycles. The highest BCUT2D eigenvalue weighted by Gasteiger charge is 2.18. The first kappa shape index (κ1) is 25.9. The lowest BCUT2D eigenvalue weighted by Crippen LogP contribution is -2.24. The third kappa shape index (κ3) is 5.76. The van der Waals surface area contributed by atoms with Gasteiger partial charge >= 0.3 is 0 Å². The van der Waals surface area contributed by atoms with E-state index in [4.69, 9.17) is 16.3 Å². The summed E-state index contributed by atoms with van der Waals surface area (Å²) in [5, 5.41) is 4.24. The Labute approximate surface area is 230 Å². The van der Waals surface area contributed by atoms with Gasteiger partial charge in [0.2, 0.25) is 5.91 Å². The first-order valence-corrected chi connectivity index (χ1v) is 12.7. The smallest absolute Gasteiger partial charge is 0.262 e. The van der Waals surface area contributed by atoms with Gasteiger partial charge < -0.3 is 10.1 Å². The summed E-state index contributed by atoms with van der Waals surface area (Å²) in [6, 6.07) is 28.4. The van der Waals surface area contributed by atoms with Gasteiger partial charge in [0, 0.05) is 39.8 Å². The molecular formula is C32H25ClN2O4. The first-order valence-electron chi connectivity index (χ1n) is 12.4. The van der Waals surface area contributed by atoms with Gasteiger partial charge in [-0.2, -0.15) is 0 Å². The molecule has 0 radical (unpaired) electrons. The summed E-state index contributed by atoms with van der Waals surface area (Å²) in [5.74, 6) is 0.163. The van der Waals surface area contributed by atoms with Gasteiger partial charge in [-0.15, -0.1) is 0 Å². The van der Waals surface area contributed by atoms with Crippen molar-refractivity contribution >= 4 is 40.1 Å². The second kappa shape index (κ2) is 11.4. The third-order valence-electron chi connectivity index (χ3n) is 6.50. The number of hydrogen-bond donors (Lipinski definition) is 1. The minimum absolute atomic E-state index is 0.0499. The van der Waals surface area contributed by atoms with Crippen LogP contribution in [0.1, 0.15) is 37.4 Å². The number of ketones is 1. The molecule has 7 heteroatoms. The largest absolute Gasteiger partial charge is 0.497 e. The van der Waals surface area contributed by atoms with Crippen LogP contribution in [0.15, 0.2) is 103 Å². The lowest BCUT2D eigenvalue weighted by atomic mass is 10.0. The predicted molar refractivity (Wildman–Crippen MR) is 152 cm³/mol. The molecule has 6 nitrogen and oxygen atoms in total. The van der Waals surface area contributed by atoms with Crippen LogP contribution in [0.2, 0.25) is 5.02 Å². The van der Waals surface area contributed by atoms with Gasteiger partial charge in [0.05, 0.1) is 19.0 Å². The zero-order chi connectivity index (χ0) is 27.4. The van der Waals surface area contributed by atoms with Crippen LogP contribution in [0.25, 0.3) is 10.9 Å². The molecule has 0 aliphatic carbocycles. The van der Waals surface area contributed by atoms with E-state index in [0.717, 1.165) is 10.9 Å². The molecule has 0 aliphatic rings. The second-order valence-electron chi connectivity index (χ2n) is 9.07. The maximum atomic E-state index is 13.3. The molecule has 1 N–H and O–H groups in total. The molecule has 0 atom stereocenters. The molecule has 0 saturated carbocycles. The van der Waals surface area contributed by atoms with E-state index in [1.165, 1.54) is 0 Å². The fraction of sp³-hybridized carbons (Fsp3) is 0.0938. The number of halogens is 1. The Morgan fingerprint density at radius 2 is 1.49 bits per heavy atom. The number of aromatic nitrogens is 1. The Morgan fingerprint density at radius 3 is 2.18 bits per heavy atom. The molecule has 1 amide bonds. The van der Waals surface area contributed by atoms with Crippen molar-refractivity contribution in [1.82, 2.24) is 9.88 Å². The average molecular weight is 537 g/mol. The number of methoxy groups -OCH3 is 1. The van der Waals surface area contributed by atoms with Crippen molar-refractivity contribution < 1.29 is 19.1 Å². The second-order valence-corrected chi connectivity index (χ2v) is 9.50. The topological polar surface area (TPSA) is 77.4 Å². The Balaban J connectivity index is 1.31. The van der Waals surface area contributed by atoms with E-state index in [2.05, 4.69) is 5.32 Å². The maximum Gasteiger partial charge on any atom is 0.262 e. The molecule has 0 bridgehead atoms. The summed E-state index contributed by atoms with van der Waals surface area (Å²) in [6.07, 6.45) is 1.78. The molecule has 4 aromatic carbocycles. The van der Waals surface area contributed by atoms with Crippen molar-refractivity contribution in [3.63, 3.8) is 0 Å². The van der Waals surface area contributed by atoms with Crippen LogP contribution in [0, 0.1) is 0 Å². The fourth-order valence-corrected chi connectivity index (χ4v) is 4.54. The highest BCUT2D eigenvalue weighted by atomic mass is 35.5. The van der Waals surface area contributed by atoms with Crippen LogP contribution in [0.4, 0.5) is 0 Å². The molecule has 0 unspecified atom stereocenters. The molecule has 1 aromatic heterocycles. The van der Waals surface area contributed by atoms with Crippen LogP contribution in [-0.2, 0) is 17.8 Å². The minimum atomic E-state index is -0.223. The van der Waals surface area contributed by atoms with E-state index < -0.39 is 0 Å².